The molecule has 1 nitrogen and oxygen atoms in total. The van der Waals surface area contributed by atoms with Crippen LogP contribution in [0.2, 0.25) is 0 Å². The molecule has 2 aromatic rings. The first-order valence-corrected chi connectivity index (χ1v) is 7.58. The van der Waals surface area contributed by atoms with Crippen molar-refractivity contribution in [1.29, 1.82) is 0 Å². The van der Waals surface area contributed by atoms with E-state index in [0.717, 1.165) is 16.9 Å². The molecule has 0 saturated carbocycles. The summed E-state index contributed by atoms with van der Waals surface area (Å²) in [7, 11) is 0. The lowest BCUT2D eigenvalue weighted by Crippen LogP contribution is -2.01. The molecule has 0 aliphatic carbocycles. The number of aryl methyl sites for hydroxylation is 2. The fraction of sp³-hybridized carbons (Fsp3) is 0.294. The second-order valence-electron chi connectivity index (χ2n) is 4.85. The van der Waals surface area contributed by atoms with Gasteiger partial charge < -0.3 is 4.74 Å². The largest absolute Gasteiger partial charge is 0.494 e. The lowest BCUT2D eigenvalue weighted by Gasteiger charge is -2.17. The van der Waals surface area contributed by atoms with Crippen LogP contribution in [-0.2, 0) is 0 Å². The number of hydrogen-bond donors (Lipinski definition) is 0. The lowest BCUT2D eigenvalue weighted by atomic mass is 10.0. The van der Waals surface area contributed by atoms with Crippen molar-refractivity contribution in [2.24, 2.45) is 0 Å². The first kappa shape index (κ1) is 15.0. The van der Waals surface area contributed by atoms with E-state index < -0.39 is 0 Å². The van der Waals surface area contributed by atoms with Crippen LogP contribution in [0.5, 0.6) is 5.75 Å². The summed E-state index contributed by atoms with van der Waals surface area (Å²) in [6.07, 6.45) is 0. The second kappa shape index (κ2) is 6.40. The Bertz CT molecular complexity index is 610. The van der Waals surface area contributed by atoms with Crippen molar-refractivity contribution in [3.63, 3.8) is 0 Å². The highest BCUT2D eigenvalue weighted by atomic mass is 79.9. The molecule has 0 N–H and O–H groups in total. The molecule has 1 unspecified atom stereocenters. The van der Waals surface area contributed by atoms with E-state index in [0.29, 0.717) is 12.2 Å². The number of rotatable bonds is 4. The van der Waals surface area contributed by atoms with Crippen LogP contribution in [0.15, 0.2) is 36.4 Å². The van der Waals surface area contributed by atoms with Gasteiger partial charge in [0.2, 0.25) is 0 Å². The van der Waals surface area contributed by atoms with Gasteiger partial charge in [-0.1, -0.05) is 45.8 Å². The van der Waals surface area contributed by atoms with Crippen molar-refractivity contribution in [2.45, 2.75) is 25.6 Å². The van der Waals surface area contributed by atoms with Gasteiger partial charge in [0.05, 0.1) is 11.4 Å². The summed E-state index contributed by atoms with van der Waals surface area (Å²) in [5, 5.41) is 0. The van der Waals surface area contributed by atoms with Gasteiger partial charge in [-0.15, -0.1) is 0 Å². The maximum absolute atomic E-state index is 13.4. The topological polar surface area (TPSA) is 9.23 Å². The molecule has 2 aromatic carbocycles. The van der Waals surface area contributed by atoms with E-state index in [1.807, 2.05) is 25.1 Å². The average molecular weight is 337 g/mol. The zero-order chi connectivity index (χ0) is 14.7. The summed E-state index contributed by atoms with van der Waals surface area (Å²) in [5.74, 6) is 0.685. The second-order valence-corrected chi connectivity index (χ2v) is 5.76. The Balaban J connectivity index is 2.43. The minimum absolute atomic E-state index is 0.0109. The third-order valence-corrected chi connectivity index (χ3v) is 4.23. The fourth-order valence-corrected chi connectivity index (χ4v) is 2.80. The van der Waals surface area contributed by atoms with Gasteiger partial charge in [-0.05, 0) is 44.0 Å². The molecule has 106 valence electrons. The quantitative estimate of drug-likeness (QED) is 0.686. The van der Waals surface area contributed by atoms with Crippen LogP contribution in [0.25, 0.3) is 0 Å². The van der Waals surface area contributed by atoms with Crippen LogP contribution in [0.1, 0.15) is 34.0 Å². The Labute approximate surface area is 127 Å². The van der Waals surface area contributed by atoms with Gasteiger partial charge in [-0.3, -0.25) is 0 Å². The molecule has 0 aromatic heterocycles. The fourth-order valence-electron chi connectivity index (χ4n) is 2.16. The normalized spacial score (nSPS) is 12.2. The highest BCUT2D eigenvalue weighted by Gasteiger charge is 2.16. The molecule has 0 aliphatic heterocycles. The number of alkyl halides is 1. The smallest absolute Gasteiger partial charge is 0.126 e. The van der Waals surface area contributed by atoms with Crippen LogP contribution >= 0.6 is 15.9 Å². The van der Waals surface area contributed by atoms with Crippen molar-refractivity contribution in [3.05, 3.63) is 64.5 Å². The van der Waals surface area contributed by atoms with E-state index in [1.54, 1.807) is 13.0 Å². The number of halogens is 2. The molecule has 0 heterocycles. The number of ether oxygens (including phenoxy) is 1. The van der Waals surface area contributed by atoms with Gasteiger partial charge in [0, 0.05) is 5.56 Å². The lowest BCUT2D eigenvalue weighted by molar-refractivity contribution is 0.337. The van der Waals surface area contributed by atoms with Crippen LogP contribution in [0, 0.1) is 19.7 Å². The summed E-state index contributed by atoms with van der Waals surface area (Å²) in [4.78, 5) is -0.0109. The first-order valence-electron chi connectivity index (χ1n) is 6.66. The Kier molecular flexibility index (Phi) is 4.81. The Morgan fingerprint density at radius 2 is 1.90 bits per heavy atom. The average Bonchev–Trinajstić information content (AvgIpc) is 2.43. The van der Waals surface area contributed by atoms with Gasteiger partial charge >= 0.3 is 0 Å². The van der Waals surface area contributed by atoms with E-state index >= 15 is 0 Å². The number of hydrogen-bond acceptors (Lipinski definition) is 1. The minimum atomic E-state index is -0.178. The highest BCUT2D eigenvalue weighted by molar-refractivity contribution is 9.09. The minimum Gasteiger partial charge on any atom is -0.494 e. The maximum atomic E-state index is 13.4. The van der Waals surface area contributed by atoms with Gasteiger partial charge in [-0.25, -0.2) is 4.39 Å². The molecule has 3 heteroatoms. The molecule has 0 amide bonds. The van der Waals surface area contributed by atoms with E-state index in [9.17, 15) is 4.39 Å². The molecular formula is C17H18BrFO. The molecule has 2 rings (SSSR count). The van der Waals surface area contributed by atoms with E-state index in [2.05, 4.69) is 28.9 Å². The summed E-state index contributed by atoms with van der Waals surface area (Å²) < 4.78 is 19.1. The molecule has 0 aliphatic rings. The van der Waals surface area contributed by atoms with Crippen molar-refractivity contribution in [2.75, 3.05) is 6.61 Å². The van der Waals surface area contributed by atoms with Crippen LogP contribution in [-0.4, -0.2) is 6.61 Å². The summed E-state index contributed by atoms with van der Waals surface area (Å²) in [6, 6.07) is 11.3. The van der Waals surface area contributed by atoms with Crippen molar-refractivity contribution in [3.8, 4) is 5.75 Å². The van der Waals surface area contributed by atoms with Crippen LogP contribution < -0.4 is 4.74 Å². The predicted octanol–water partition coefficient (Wildman–Crippen LogP) is 5.33. The monoisotopic (exact) mass is 336 g/mol. The van der Waals surface area contributed by atoms with Gasteiger partial charge in [0.1, 0.15) is 11.6 Å². The molecule has 0 fully saturated rings. The molecule has 1 atom stereocenters. The maximum Gasteiger partial charge on any atom is 0.126 e. The molecule has 0 saturated heterocycles. The summed E-state index contributed by atoms with van der Waals surface area (Å²) in [6.45, 7) is 6.42. The predicted molar refractivity (Wildman–Crippen MR) is 84.3 cm³/mol. The van der Waals surface area contributed by atoms with Crippen LogP contribution in [0.4, 0.5) is 4.39 Å². The van der Waals surface area contributed by atoms with Crippen LogP contribution in [0.3, 0.4) is 0 Å². The zero-order valence-electron chi connectivity index (χ0n) is 11.9. The number of benzene rings is 2. The Morgan fingerprint density at radius 3 is 2.55 bits per heavy atom. The summed E-state index contributed by atoms with van der Waals surface area (Å²) in [5.41, 5.74) is 3.91. The third kappa shape index (κ3) is 3.21. The summed E-state index contributed by atoms with van der Waals surface area (Å²) >= 11 is 3.71. The van der Waals surface area contributed by atoms with E-state index in [4.69, 9.17) is 4.74 Å². The van der Waals surface area contributed by atoms with Gasteiger partial charge in [0.25, 0.3) is 0 Å². The van der Waals surface area contributed by atoms with Gasteiger partial charge in [0.15, 0.2) is 0 Å². The molecular weight excluding hydrogens is 319 g/mol. The third-order valence-electron chi connectivity index (χ3n) is 3.21. The standard InChI is InChI=1S/C17H18BrFO/c1-4-20-16-8-5-11(2)9-14(16)17(18)13-6-7-15(19)12(3)10-13/h5-10,17H,4H2,1-3H3. The SMILES string of the molecule is CCOc1ccc(C)cc1C(Br)c1ccc(F)c(C)c1. The molecule has 0 radical (unpaired) electrons. The van der Waals surface area contributed by atoms with Crippen molar-refractivity contribution >= 4 is 15.9 Å². The van der Waals surface area contributed by atoms with Crippen molar-refractivity contribution < 1.29 is 9.13 Å². The molecule has 0 bridgehead atoms. The van der Waals surface area contributed by atoms with E-state index in [-0.39, 0.29) is 10.6 Å². The molecule has 20 heavy (non-hydrogen) atoms. The first-order chi connectivity index (χ1) is 9.52. The van der Waals surface area contributed by atoms with Crippen molar-refractivity contribution in [1.82, 2.24) is 0 Å². The van der Waals surface area contributed by atoms with Gasteiger partial charge in [-0.2, -0.15) is 0 Å². The van der Waals surface area contributed by atoms with E-state index in [1.165, 1.54) is 11.6 Å². The Hall–Kier alpha value is -1.35. The zero-order valence-corrected chi connectivity index (χ0v) is 13.5. The molecule has 0 spiro atoms. The Morgan fingerprint density at radius 1 is 1.15 bits per heavy atom. The highest BCUT2D eigenvalue weighted by Crippen LogP contribution is 2.37.